The first kappa shape index (κ1) is 27.1. The Balaban J connectivity index is 1.50. The van der Waals surface area contributed by atoms with E-state index in [9.17, 15) is 4.79 Å². The van der Waals surface area contributed by atoms with Crippen LogP contribution in [0.3, 0.4) is 0 Å². The first-order chi connectivity index (χ1) is 19.0. The van der Waals surface area contributed by atoms with Crippen molar-refractivity contribution in [1.29, 1.82) is 0 Å². The fourth-order valence-corrected chi connectivity index (χ4v) is 5.66. The lowest BCUT2D eigenvalue weighted by molar-refractivity contribution is -0.135. The van der Waals surface area contributed by atoms with Crippen molar-refractivity contribution in [1.82, 2.24) is 20.0 Å². The smallest absolute Gasteiger partial charge is 0.263 e. The lowest BCUT2D eigenvalue weighted by Crippen LogP contribution is -2.39. The van der Waals surface area contributed by atoms with Gasteiger partial charge in [-0.05, 0) is 42.0 Å². The van der Waals surface area contributed by atoms with Crippen molar-refractivity contribution in [2.45, 2.75) is 66.2 Å². The number of benzene rings is 2. The van der Waals surface area contributed by atoms with Crippen LogP contribution in [0.4, 0.5) is 5.82 Å². The van der Waals surface area contributed by atoms with Crippen molar-refractivity contribution in [3.63, 3.8) is 0 Å². The second-order valence-electron chi connectivity index (χ2n) is 11.2. The Hall–Kier alpha value is -3.48. The normalized spacial score (nSPS) is 15.3. The average molecular weight is 528 g/mol. The number of carbonyl (C=O) groups excluding carboxylic acids is 1. The maximum Gasteiger partial charge on any atom is 0.263 e. The molecule has 0 radical (unpaired) electrons. The zero-order valence-corrected chi connectivity index (χ0v) is 23.8. The van der Waals surface area contributed by atoms with Crippen LogP contribution in [0.2, 0.25) is 0 Å². The van der Waals surface area contributed by atoms with E-state index < -0.39 is 0 Å². The standard InChI is InChI=1S/C32H41N5O2/c1-5-7-11-23(6-2)32(38)37-17-10-16-36(18-19-37)30-28-29(26-15-14-24-12-8-9-13-25(24)21-26)35-39-31(28)34-27(33-30)20-22(3)4/h8-9,12-15,21-23H,5-7,10-11,16-20H2,1-4H3/t23-/m0/s1. The molecule has 7 nitrogen and oxygen atoms in total. The highest BCUT2D eigenvalue weighted by atomic mass is 16.5. The molecule has 0 unspecified atom stereocenters. The summed E-state index contributed by atoms with van der Waals surface area (Å²) in [7, 11) is 0. The molecular weight excluding hydrogens is 486 g/mol. The quantitative estimate of drug-likeness (QED) is 0.236. The lowest BCUT2D eigenvalue weighted by atomic mass is 9.97. The number of rotatable bonds is 9. The topological polar surface area (TPSA) is 75.4 Å². The van der Waals surface area contributed by atoms with Crippen LogP contribution in [0.5, 0.6) is 0 Å². The molecule has 3 heterocycles. The molecule has 1 atom stereocenters. The van der Waals surface area contributed by atoms with E-state index in [1.54, 1.807) is 0 Å². The minimum atomic E-state index is 0.123. The zero-order chi connectivity index (χ0) is 27.4. The number of amides is 1. The molecule has 4 aromatic rings. The van der Waals surface area contributed by atoms with Gasteiger partial charge in [0.2, 0.25) is 5.91 Å². The van der Waals surface area contributed by atoms with Crippen molar-refractivity contribution in [2.24, 2.45) is 11.8 Å². The summed E-state index contributed by atoms with van der Waals surface area (Å²) in [6, 6.07) is 14.7. The molecule has 1 aliphatic heterocycles. The van der Waals surface area contributed by atoms with E-state index in [1.165, 1.54) is 5.39 Å². The summed E-state index contributed by atoms with van der Waals surface area (Å²) in [6.45, 7) is 11.7. The molecule has 0 bridgehead atoms. The molecule has 1 amide bonds. The van der Waals surface area contributed by atoms with Gasteiger partial charge in [-0.25, -0.2) is 4.98 Å². The molecule has 0 saturated carbocycles. The van der Waals surface area contributed by atoms with Crippen LogP contribution >= 0.6 is 0 Å². The molecule has 0 spiro atoms. The third-order valence-corrected chi connectivity index (χ3v) is 7.83. The van der Waals surface area contributed by atoms with Crippen molar-refractivity contribution in [2.75, 3.05) is 31.1 Å². The number of carbonyl (C=O) groups is 1. The Morgan fingerprint density at radius 1 is 1.00 bits per heavy atom. The SMILES string of the molecule is CCCC[C@H](CC)C(=O)N1CCCN(c2nc(CC(C)C)nc3onc(-c4ccc5ccccc5c4)c23)CC1. The molecule has 1 aliphatic rings. The van der Waals surface area contributed by atoms with Crippen LogP contribution < -0.4 is 4.90 Å². The first-order valence-electron chi connectivity index (χ1n) is 14.7. The zero-order valence-electron chi connectivity index (χ0n) is 23.8. The van der Waals surface area contributed by atoms with Crippen LogP contribution in [-0.4, -0.2) is 52.1 Å². The van der Waals surface area contributed by atoms with Crippen LogP contribution in [-0.2, 0) is 11.2 Å². The highest BCUT2D eigenvalue weighted by Crippen LogP contribution is 2.35. The number of nitrogens with zero attached hydrogens (tertiary/aromatic N) is 5. The summed E-state index contributed by atoms with van der Waals surface area (Å²) in [5.74, 6) is 2.49. The number of hydrogen-bond donors (Lipinski definition) is 0. The third-order valence-electron chi connectivity index (χ3n) is 7.83. The summed E-state index contributed by atoms with van der Waals surface area (Å²) in [6.07, 6.45) is 5.78. The number of unbranched alkanes of at least 4 members (excludes halogenated alkanes) is 1. The number of anilines is 1. The largest absolute Gasteiger partial charge is 0.354 e. The molecular formula is C32H41N5O2. The van der Waals surface area contributed by atoms with E-state index in [0.717, 1.165) is 91.8 Å². The number of fused-ring (bicyclic) bond motifs is 2. The van der Waals surface area contributed by atoms with Gasteiger partial charge in [-0.1, -0.05) is 82.1 Å². The molecule has 0 aliphatic carbocycles. The van der Waals surface area contributed by atoms with Gasteiger partial charge >= 0.3 is 0 Å². The van der Waals surface area contributed by atoms with Gasteiger partial charge in [0.15, 0.2) is 0 Å². The van der Waals surface area contributed by atoms with Crippen molar-refractivity contribution >= 4 is 33.6 Å². The molecule has 2 aromatic heterocycles. The Morgan fingerprint density at radius 3 is 2.59 bits per heavy atom. The molecule has 1 fully saturated rings. The monoisotopic (exact) mass is 527 g/mol. The second kappa shape index (κ2) is 12.1. The minimum absolute atomic E-state index is 0.123. The van der Waals surface area contributed by atoms with Gasteiger partial charge in [-0.3, -0.25) is 4.79 Å². The van der Waals surface area contributed by atoms with Crippen LogP contribution in [0.1, 0.15) is 65.6 Å². The Kier molecular flexibility index (Phi) is 8.44. The van der Waals surface area contributed by atoms with Gasteiger partial charge < -0.3 is 14.3 Å². The first-order valence-corrected chi connectivity index (χ1v) is 14.7. The van der Waals surface area contributed by atoms with Crippen molar-refractivity contribution < 1.29 is 9.32 Å². The van der Waals surface area contributed by atoms with Crippen LogP contribution in [0.15, 0.2) is 47.0 Å². The van der Waals surface area contributed by atoms with Gasteiger partial charge in [0.05, 0.1) is 0 Å². The molecule has 0 N–H and O–H groups in total. The summed E-state index contributed by atoms with van der Waals surface area (Å²) >= 11 is 0. The van der Waals surface area contributed by atoms with Crippen LogP contribution in [0.25, 0.3) is 33.1 Å². The Morgan fingerprint density at radius 2 is 1.82 bits per heavy atom. The maximum atomic E-state index is 13.4. The van der Waals surface area contributed by atoms with Gasteiger partial charge in [0, 0.05) is 44.1 Å². The fourth-order valence-electron chi connectivity index (χ4n) is 5.66. The summed E-state index contributed by atoms with van der Waals surface area (Å²) in [4.78, 5) is 27.7. The van der Waals surface area contributed by atoms with Gasteiger partial charge in [-0.2, -0.15) is 4.98 Å². The van der Waals surface area contributed by atoms with Gasteiger partial charge in [0.25, 0.3) is 5.71 Å². The third kappa shape index (κ3) is 5.92. The Labute approximate surface area is 231 Å². The average Bonchev–Trinajstić information content (AvgIpc) is 3.21. The van der Waals surface area contributed by atoms with E-state index in [4.69, 9.17) is 14.5 Å². The Bertz CT molecular complexity index is 1430. The molecule has 2 aromatic carbocycles. The summed E-state index contributed by atoms with van der Waals surface area (Å²) in [5.41, 5.74) is 2.29. The molecule has 5 rings (SSSR count). The predicted octanol–water partition coefficient (Wildman–Crippen LogP) is 6.89. The van der Waals surface area contributed by atoms with Gasteiger partial charge in [-0.15, -0.1) is 0 Å². The van der Waals surface area contributed by atoms with E-state index in [0.29, 0.717) is 24.1 Å². The van der Waals surface area contributed by atoms with E-state index in [1.807, 2.05) is 0 Å². The minimum Gasteiger partial charge on any atom is -0.354 e. The van der Waals surface area contributed by atoms with Crippen LogP contribution in [0, 0.1) is 11.8 Å². The summed E-state index contributed by atoms with van der Waals surface area (Å²) in [5, 5.41) is 7.70. The molecule has 7 heteroatoms. The molecule has 39 heavy (non-hydrogen) atoms. The van der Waals surface area contributed by atoms with E-state index in [-0.39, 0.29) is 5.92 Å². The fraction of sp³-hybridized carbons (Fsp3) is 0.500. The number of aromatic nitrogens is 3. The van der Waals surface area contributed by atoms with E-state index >= 15 is 0 Å². The van der Waals surface area contributed by atoms with E-state index in [2.05, 4.69) is 85.1 Å². The highest BCUT2D eigenvalue weighted by molar-refractivity contribution is 6.00. The second-order valence-corrected chi connectivity index (χ2v) is 11.2. The van der Waals surface area contributed by atoms with Crippen molar-refractivity contribution in [3.8, 4) is 11.3 Å². The lowest BCUT2D eigenvalue weighted by Gasteiger charge is -2.26. The number of hydrogen-bond acceptors (Lipinski definition) is 6. The predicted molar refractivity (Wildman–Crippen MR) is 158 cm³/mol. The summed E-state index contributed by atoms with van der Waals surface area (Å²) < 4.78 is 5.85. The molecule has 206 valence electrons. The maximum absolute atomic E-state index is 13.4. The van der Waals surface area contributed by atoms with Crippen molar-refractivity contribution in [3.05, 3.63) is 48.3 Å². The van der Waals surface area contributed by atoms with Gasteiger partial charge in [0.1, 0.15) is 22.7 Å². The molecule has 1 saturated heterocycles. The highest BCUT2D eigenvalue weighted by Gasteiger charge is 2.28.